The number of rotatable bonds is 10. The highest BCUT2D eigenvalue weighted by Gasteiger charge is 2.40. The van der Waals surface area contributed by atoms with Crippen molar-refractivity contribution in [3.8, 4) is 17.0 Å². The third kappa shape index (κ3) is 5.84. The molecule has 2 bridgehead atoms. The van der Waals surface area contributed by atoms with Gasteiger partial charge in [0.15, 0.2) is 12.6 Å². The Bertz CT molecular complexity index is 1270. The molecule has 0 spiro atoms. The summed E-state index contributed by atoms with van der Waals surface area (Å²) in [5.74, 6) is 1.17. The predicted molar refractivity (Wildman–Crippen MR) is 158 cm³/mol. The monoisotopic (exact) mass is 544 g/mol. The molecule has 0 aliphatic carbocycles. The van der Waals surface area contributed by atoms with Gasteiger partial charge in [-0.25, -0.2) is 0 Å². The van der Waals surface area contributed by atoms with Crippen molar-refractivity contribution < 1.29 is 9.47 Å². The number of piperazine rings is 2. The maximum Gasteiger partial charge on any atom is 0.188 e. The first-order valence-corrected chi connectivity index (χ1v) is 14.4. The minimum Gasteiger partial charge on any atom is -0.467 e. The van der Waals surface area contributed by atoms with Crippen LogP contribution < -0.4 is 25.6 Å². The van der Waals surface area contributed by atoms with Gasteiger partial charge in [-0.3, -0.25) is 4.98 Å². The molecule has 2 unspecified atom stereocenters. The number of hydrogen-bond donors (Lipinski definition) is 2. The molecule has 5 heterocycles. The number of para-hydroxylation sites is 1. The van der Waals surface area contributed by atoms with Crippen LogP contribution in [0.25, 0.3) is 11.3 Å². The molecule has 2 aromatic heterocycles. The molecule has 212 valence electrons. The Morgan fingerprint density at radius 2 is 1.82 bits per heavy atom. The van der Waals surface area contributed by atoms with Gasteiger partial charge in [0, 0.05) is 81.6 Å². The van der Waals surface area contributed by atoms with E-state index in [1.807, 2.05) is 30.5 Å². The van der Waals surface area contributed by atoms with E-state index in [-0.39, 0.29) is 6.79 Å². The third-order valence-electron chi connectivity index (χ3n) is 8.33. The van der Waals surface area contributed by atoms with Crippen LogP contribution in [0.15, 0.2) is 48.7 Å². The number of benzene rings is 1. The standard InChI is InChI=1S/C30H40N8O2/c1-39-21-40-29-7-3-2-6-26(29)27-18-28(30(31)35-34-27)37-19-24-8-9-25(20-37)38(24)23-10-11-33-22(17-23)5-4-14-36-15-12-32-13-16-36/h2-3,6-7,10-11,17-18,24-25,32H,4-5,8-9,12-16,19-21H2,1H3,(H2,31,35). The van der Waals surface area contributed by atoms with Crippen LogP contribution in [0, 0.1) is 0 Å². The summed E-state index contributed by atoms with van der Waals surface area (Å²) in [5, 5.41) is 12.2. The number of methoxy groups -OCH3 is 1. The fourth-order valence-corrected chi connectivity index (χ4v) is 6.41. The largest absolute Gasteiger partial charge is 0.467 e. The zero-order chi connectivity index (χ0) is 27.3. The SMILES string of the molecule is COCOc1ccccc1-c1cc(N2CC3CCC(C2)N3c2ccnc(CCCN3CCNCC3)c2)c(N)nn1. The van der Waals surface area contributed by atoms with Crippen LogP contribution in [-0.2, 0) is 11.2 Å². The molecule has 3 aliphatic heterocycles. The van der Waals surface area contributed by atoms with Gasteiger partial charge in [-0.15, -0.1) is 10.2 Å². The van der Waals surface area contributed by atoms with E-state index in [2.05, 4.69) is 48.4 Å². The van der Waals surface area contributed by atoms with Crippen LogP contribution in [-0.4, -0.2) is 91.9 Å². The van der Waals surface area contributed by atoms with Crippen LogP contribution in [0.4, 0.5) is 17.2 Å². The summed E-state index contributed by atoms with van der Waals surface area (Å²) in [7, 11) is 1.61. The maximum absolute atomic E-state index is 6.40. The van der Waals surface area contributed by atoms with Gasteiger partial charge in [0.2, 0.25) is 0 Å². The van der Waals surface area contributed by atoms with Crippen molar-refractivity contribution in [2.75, 3.05) is 75.2 Å². The molecule has 2 atom stereocenters. The highest BCUT2D eigenvalue weighted by molar-refractivity contribution is 5.74. The number of anilines is 3. The second-order valence-electron chi connectivity index (χ2n) is 10.9. The van der Waals surface area contributed by atoms with Gasteiger partial charge in [-0.2, -0.15) is 0 Å². The number of nitrogens with two attached hydrogens (primary N) is 1. The summed E-state index contributed by atoms with van der Waals surface area (Å²) in [6.45, 7) is 7.60. The molecule has 3 saturated heterocycles. The van der Waals surface area contributed by atoms with Gasteiger partial charge in [-0.05, 0) is 62.6 Å². The van der Waals surface area contributed by atoms with Crippen molar-refractivity contribution in [2.45, 2.75) is 37.8 Å². The van der Waals surface area contributed by atoms with Crippen molar-refractivity contribution in [1.29, 1.82) is 0 Å². The first-order chi connectivity index (χ1) is 19.7. The van der Waals surface area contributed by atoms with E-state index in [9.17, 15) is 0 Å². The number of aromatic nitrogens is 3. The fraction of sp³-hybridized carbons (Fsp3) is 0.500. The number of nitrogens with zero attached hydrogens (tertiary/aromatic N) is 6. The van der Waals surface area contributed by atoms with Gasteiger partial charge in [0.25, 0.3) is 0 Å². The quantitative estimate of drug-likeness (QED) is 0.370. The lowest BCUT2D eigenvalue weighted by Gasteiger charge is -2.43. The van der Waals surface area contributed by atoms with Crippen molar-refractivity contribution in [3.63, 3.8) is 0 Å². The molecule has 10 nitrogen and oxygen atoms in total. The Hall–Kier alpha value is -3.47. The smallest absolute Gasteiger partial charge is 0.188 e. The van der Waals surface area contributed by atoms with Crippen LogP contribution >= 0.6 is 0 Å². The van der Waals surface area contributed by atoms with Crippen molar-refractivity contribution >= 4 is 17.2 Å². The van der Waals surface area contributed by atoms with E-state index in [1.54, 1.807) is 7.11 Å². The number of pyridine rings is 1. The van der Waals surface area contributed by atoms with Crippen molar-refractivity contribution in [1.82, 2.24) is 25.4 Å². The Kier molecular flexibility index (Phi) is 8.27. The topological polar surface area (TPSA) is 105 Å². The number of hydrogen-bond acceptors (Lipinski definition) is 10. The Labute approximate surface area is 236 Å². The average molecular weight is 545 g/mol. The van der Waals surface area contributed by atoms with Crippen molar-refractivity contribution in [2.24, 2.45) is 0 Å². The normalized spacial score (nSPS) is 21.1. The van der Waals surface area contributed by atoms with E-state index < -0.39 is 0 Å². The zero-order valence-corrected chi connectivity index (χ0v) is 23.3. The van der Waals surface area contributed by atoms with E-state index in [0.29, 0.717) is 23.7 Å². The lowest BCUT2D eigenvalue weighted by Crippen LogP contribution is -2.54. The van der Waals surface area contributed by atoms with Crippen LogP contribution in [0.3, 0.4) is 0 Å². The van der Waals surface area contributed by atoms with E-state index in [4.69, 9.17) is 20.2 Å². The number of ether oxygens (including phenoxy) is 2. The number of nitrogens with one attached hydrogen (secondary N) is 1. The molecular weight excluding hydrogens is 504 g/mol. The molecular formula is C30H40N8O2. The van der Waals surface area contributed by atoms with E-state index in [1.165, 1.54) is 24.2 Å². The summed E-state index contributed by atoms with van der Waals surface area (Å²) in [6.07, 6.45) is 6.49. The number of aryl methyl sites for hydroxylation is 1. The fourth-order valence-electron chi connectivity index (χ4n) is 6.41. The minimum absolute atomic E-state index is 0.171. The van der Waals surface area contributed by atoms with Gasteiger partial charge in [0.1, 0.15) is 5.75 Å². The Balaban J connectivity index is 1.15. The molecule has 0 saturated carbocycles. The first-order valence-electron chi connectivity index (χ1n) is 14.4. The molecule has 0 radical (unpaired) electrons. The summed E-state index contributed by atoms with van der Waals surface area (Å²) in [6, 6.07) is 15.2. The number of fused-ring (bicyclic) bond motifs is 2. The molecule has 0 amide bonds. The summed E-state index contributed by atoms with van der Waals surface area (Å²) in [4.78, 5) is 12.3. The molecule has 3 aliphatic rings. The molecule has 3 aromatic rings. The molecule has 1 aromatic carbocycles. The van der Waals surface area contributed by atoms with Gasteiger partial charge >= 0.3 is 0 Å². The van der Waals surface area contributed by atoms with Crippen molar-refractivity contribution in [3.05, 3.63) is 54.4 Å². The average Bonchev–Trinajstić information content (AvgIpc) is 3.26. The number of nitrogen functional groups attached to an aromatic ring is 1. The Morgan fingerprint density at radius 1 is 1.02 bits per heavy atom. The van der Waals surface area contributed by atoms with Crippen LogP contribution in [0.2, 0.25) is 0 Å². The Morgan fingerprint density at radius 3 is 2.62 bits per heavy atom. The first kappa shape index (κ1) is 26.7. The van der Waals surface area contributed by atoms with E-state index in [0.717, 1.165) is 75.6 Å². The third-order valence-corrected chi connectivity index (χ3v) is 8.33. The van der Waals surface area contributed by atoms with Crippen LogP contribution in [0.1, 0.15) is 25.0 Å². The van der Waals surface area contributed by atoms with E-state index >= 15 is 0 Å². The van der Waals surface area contributed by atoms with Gasteiger partial charge in [-0.1, -0.05) is 12.1 Å². The second-order valence-corrected chi connectivity index (χ2v) is 10.9. The zero-order valence-electron chi connectivity index (χ0n) is 23.3. The summed E-state index contributed by atoms with van der Waals surface area (Å²) < 4.78 is 10.9. The predicted octanol–water partition coefficient (Wildman–Crippen LogP) is 2.80. The molecule has 3 N–H and O–H groups in total. The molecule has 10 heteroatoms. The molecule has 3 fully saturated rings. The maximum atomic E-state index is 6.40. The second kappa shape index (κ2) is 12.4. The minimum atomic E-state index is 0.171. The lowest BCUT2D eigenvalue weighted by molar-refractivity contribution is 0.0515. The lowest BCUT2D eigenvalue weighted by atomic mass is 10.1. The highest BCUT2D eigenvalue weighted by Crippen LogP contribution is 2.39. The summed E-state index contributed by atoms with van der Waals surface area (Å²) in [5.41, 5.74) is 11.4. The molecule has 40 heavy (non-hydrogen) atoms. The molecule has 6 rings (SSSR count). The summed E-state index contributed by atoms with van der Waals surface area (Å²) >= 11 is 0. The van der Waals surface area contributed by atoms with Gasteiger partial charge in [0.05, 0.1) is 11.4 Å². The highest BCUT2D eigenvalue weighted by atomic mass is 16.7. The van der Waals surface area contributed by atoms with Gasteiger partial charge < -0.3 is 35.2 Å². The van der Waals surface area contributed by atoms with Crippen LogP contribution in [0.5, 0.6) is 5.75 Å².